The van der Waals surface area contributed by atoms with Gasteiger partial charge in [0.05, 0.1) is 5.69 Å². The lowest BCUT2D eigenvalue weighted by Crippen LogP contribution is -2.21. The van der Waals surface area contributed by atoms with Gasteiger partial charge in [-0.1, -0.05) is 35.5 Å². The molecule has 0 spiro atoms. The van der Waals surface area contributed by atoms with Crippen LogP contribution in [0.4, 0.5) is 0 Å². The van der Waals surface area contributed by atoms with Crippen molar-refractivity contribution in [2.75, 3.05) is 6.61 Å². The third-order valence-corrected chi connectivity index (χ3v) is 6.30. The van der Waals surface area contributed by atoms with E-state index in [-0.39, 0.29) is 0 Å². The van der Waals surface area contributed by atoms with Crippen molar-refractivity contribution in [1.29, 1.82) is 0 Å². The Bertz CT molecular complexity index is 1170. The number of para-hydroxylation sites is 2. The number of hydrogen-bond acceptors (Lipinski definition) is 9. The van der Waals surface area contributed by atoms with E-state index in [9.17, 15) is 0 Å². The van der Waals surface area contributed by atoms with Crippen molar-refractivity contribution < 1.29 is 18.6 Å². The third-order valence-electron chi connectivity index (χ3n) is 4.32. The fourth-order valence-corrected chi connectivity index (χ4v) is 4.44. The van der Waals surface area contributed by atoms with Crippen LogP contribution in [0.2, 0.25) is 5.02 Å². The van der Waals surface area contributed by atoms with Crippen molar-refractivity contribution in [3.05, 3.63) is 75.5 Å². The van der Waals surface area contributed by atoms with E-state index in [1.165, 1.54) is 11.8 Å². The molecule has 5 rings (SSSR count). The zero-order chi connectivity index (χ0) is 21.0. The molecule has 0 saturated carbocycles. The number of hydrogen-bond donors (Lipinski definition) is 0. The Hall–Kier alpha value is -2.75. The third kappa shape index (κ3) is 4.95. The molecule has 1 unspecified atom stereocenters. The summed E-state index contributed by atoms with van der Waals surface area (Å²) in [6, 6.07) is 14.8. The minimum Gasteiger partial charge on any atom is -0.486 e. The molecule has 0 amide bonds. The molecular formula is C21H16ClN3O4S2. The van der Waals surface area contributed by atoms with Crippen molar-refractivity contribution in [3.63, 3.8) is 0 Å². The molecule has 4 aromatic rings. The lowest BCUT2D eigenvalue weighted by atomic mass is 10.2. The van der Waals surface area contributed by atoms with E-state index in [1.807, 2.05) is 41.8 Å². The van der Waals surface area contributed by atoms with Crippen molar-refractivity contribution in [2.45, 2.75) is 23.7 Å². The van der Waals surface area contributed by atoms with Crippen LogP contribution < -0.4 is 14.2 Å². The second-order valence-electron chi connectivity index (χ2n) is 6.53. The molecule has 0 N–H and O–H groups in total. The number of aromatic nitrogens is 3. The number of rotatable bonds is 7. The van der Waals surface area contributed by atoms with E-state index in [0.29, 0.717) is 46.6 Å². The molecule has 10 heteroatoms. The Morgan fingerprint density at radius 3 is 2.81 bits per heavy atom. The quantitative estimate of drug-likeness (QED) is 0.322. The van der Waals surface area contributed by atoms with Crippen LogP contribution in [0, 0.1) is 0 Å². The van der Waals surface area contributed by atoms with E-state index < -0.39 is 6.10 Å². The van der Waals surface area contributed by atoms with Crippen molar-refractivity contribution >= 4 is 34.7 Å². The van der Waals surface area contributed by atoms with Gasteiger partial charge in [-0.25, -0.2) is 4.98 Å². The molecule has 1 aliphatic heterocycles. The molecule has 31 heavy (non-hydrogen) atoms. The standard InChI is InChI=1S/C21H16ClN3O4S2/c22-13-5-7-15(8-6-13)26-10-19-23-14(11-30-19)12-31-21-25-24-20(29-21)18-9-27-16-3-1-2-4-17(16)28-18/h1-8,11,18H,9-10,12H2. The molecule has 0 aliphatic carbocycles. The molecule has 0 radical (unpaired) electrons. The highest BCUT2D eigenvalue weighted by atomic mass is 35.5. The fourth-order valence-electron chi connectivity index (χ4n) is 2.84. The second-order valence-corrected chi connectivity index (χ2v) is 8.84. The van der Waals surface area contributed by atoms with Crippen molar-refractivity contribution in [1.82, 2.24) is 15.2 Å². The van der Waals surface area contributed by atoms with Gasteiger partial charge in [-0.2, -0.15) is 0 Å². The molecule has 0 fully saturated rings. The zero-order valence-electron chi connectivity index (χ0n) is 16.1. The van der Waals surface area contributed by atoms with Gasteiger partial charge in [0, 0.05) is 16.2 Å². The normalized spacial score (nSPS) is 15.1. The predicted molar refractivity (Wildman–Crippen MR) is 117 cm³/mol. The SMILES string of the molecule is Clc1ccc(OCc2nc(CSc3nnc(C4COc5ccccc5O4)o3)cs2)cc1. The number of fused-ring (bicyclic) bond motifs is 1. The highest BCUT2D eigenvalue weighted by Crippen LogP contribution is 2.36. The topological polar surface area (TPSA) is 79.5 Å². The van der Waals surface area contributed by atoms with Crippen LogP contribution in [-0.4, -0.2) is 21.8 Å². The van der Waals surface area contributed by atoms with E-state index in [2.05, 4.69) is 15.2 Å². The van der Waals surface area contributed by atoms with Gasteiger partial charge in [-0.3, -0.25) is 0 Å². The smallest absolute Gasteiger partial charge is 0.277 e. The Labute approximate surface area is 191 Å². The zero-order valence-corrected chi connectivity index (χ0v) is 18.5. The molecule has 7 nitrogen and oxygen atoms in total. The fraction of sp³-hybridized carbons (Fsp3) is 0.190. The number of ether oxygens (including phenoxy) is 3. The maximum atomic E-state index is 5.90. The number of thiazole rings is 1. The van der Waals surface area contributed by atoms with Crippen LogP contribution in [0.15, 0.2) is 63.6 Å². The van der Waals surface area contributed by atoms with Gasteiger partial charge in [0.15, 0.2) is 11.5 Å². The van der Waals surface area contributed by atoms with E-state index >= 15 is 0 Å². The van der Waals surface area contributed by atoms with Crippen molar-refractivity contribution in [2.24, 2.45) is 0 Å². The number of halogens is 1. The summed E-state index contributed by atoms with van der Waals surface area (Å²) < 4.78 is 23.1. The van der Waals surface area contributed by atoms with Crippen LogP contribution >= 0.6 is 34.7 Å². The van der Waals surface area contributed by atoms with Gasteiger partial charge in [0.25, 0.3) is 11.1 Å². The summed E-state index contributed by atoms with van der Waals surface area (Å²) in [5.74, 6) is 3.15. The molecule has 1 aliphatic rings. The number of benzene rings is 2. The summed E-state index contributed by atoms with van der Waals surface area (Å²) in [5, 5.41) is 12.2. The molecule has 0 bridgehead atoms. The summed E-state index contributed by atoms with van der Waals surface area (Å²) in [5.41, 5.74) is 0.927. The Morgan fingerprint density at radius 2 is 1.94 bits per heavy atom. The summed E-state index contributed by atoms with van der Waals surface area (Å²) in [4.78, 5) is 4.59. The Balaban J connectivity index is 1.14. The average Bonchev–Trinajstić information content (AvgIpc) is 3.47. The van der Waals surface area contributed by atoms with E-state index in [0.717, 1.165) is 16.5 Å². The van der Waals surface area contributed by atoms with E-state index in [4.69, 9.17) is 30.2 Å². The van der Waals surface area contributed by atoms with Crippen LogP contribution in [0.5, 0.6) is 17.2 Å². The molecule has 2 aromatic heterocycles. The van der Waals surface area contributed by atoms with Crippen LogP contribution in [0.3, 0.4) is 0 Å². The van der Waals surface area contributed by atoms with E-state index in [1.54, 1.807) is 23.5 Å². The number of nitrogens with zero attached hydrogens (tertiary/aromatic N) is 3. The van der Waals surface area contributed by atoms with Gasteiger partial charge in [0.1, 0.15) is 24.0 Å². The Morgan fingerprint density at radius 1 is 1.10 bits per heavy atom. The largest absolute Gasteiger partial charge is 0.486 e. The summed E-state index contributed by atoms with van der Waals surface area (Å²) in [6.45, 7) is 0.731. The van der Waals surface area contributed by atoms with Gasteiger partial charge in [-0.15, -0.1) is 21.5 Å². The molecule has 158 valence electrons. The minimum atomic E-state index is -0.423. The van der Waals surface area contributed by atoms with Crippen LogP contribution in [0.1, 0.15) is 22.7 Å². The summed E-state index contributed by atoms with van der Waals surface area (Å²) in [7, 11) is 0. The molecule has 0 saturated heterocycles. The van der Waals surface area contributed by atoms with Gasteiger partial charge < -0.3 is 18.6 Å². The maximum Gasteiger partial charge on any atom is 0.277 e. The van der Waals surface area contributed by atoms with Gasteiger partial charge in [0.2, 0.25) is 6.10 Å². The molecule has 2 aromatic carbocycles. The highest BCUT2D eigenvalue weighted by molar-refractivity contribution is 7.98. The first kappa shape index (κ1) is 20.2. The lowest BCUT2D eigenvalue weighted by Gasteiger charge is -2.23. The van der Waals surface area contributed by atoms with Crippen LogP contribution in [0.25, 0.3) is 0 Å². The highest BCUT2D eigenvalue weighted by Gasteiger charge is 2.27. The van der Waals surface area contributed by atoms with Gasteiger partial charge in [-0.05, 0) is 36.4 Å². The maximum absolute atomic E-state index is 5.90. The predicted octanol–water partition coefficient (Wildman–Crippen LogP) is 5.56. The minimum absolute atomic E-state index is 0.326. The first-order valence-corrected chi connectivity index (χ1v) is 11.6. The number of thioether (sulfide) groups is 1. The first-order valence-electron chi connectivity index (χ1n) is 9.39. The second kappa shape index (κ2) is 9.17. The molecular weight excluding hydrogens is 458 g/mol. The van der Waals surface area contributed by atoms with Crippen LogP contribution in [-0.2, 0) is 12.4 Å². The van der Waals surface area contributed by atoms with Crippen molar-refractivity contribution in [3.8, 4) is 17.2 Å². The summed E-state index contributed by atoms with van der Waals surface area (Å²) >= 11 is 8.86. The van der Waals surface area contributed by atoms with Gasteiger partial charge >= 0.3 is 0 Å². The monoisotopic (exact) mass is 473 g/mol. The molecule has 3 heterocycles. The Kier molecular flexibility index (Phi) is 5.97. The molecule has 1 atom stereocenters. The summed E-state index contributed by atoms with van der Waals surface area (Å²) in [6.07, 6.45) is -0.423. The lowest BCUT2D eigenvalue weighted by molar-refractivity contribution is 0.0686. The average molecular weight is 474 g/mol. The first-order chi connectivity index (χ1) is 15.2.